The molecule has 2 rings (SSSR count). The van der Waals surface area contributed by atoms with Crippen molar-refractivity contribution in [2.75, 3.05) is 0 Å². The summed E-state index contributed by atoms with van der Waals surface area (Å²) in [4.78, 5) is 0. The quantitative estimate of drug-likeness (QED) is 0.829. The third-order valence-electron chi connectivity index (χ3n) is 3.77. The van der Waals surface area contributed by atoms with Crippen LogP contribution < -0.4 is 5.32 Å². The lowest BCUT2D eigenvalue weighted by atomic mass is 10.1. The molecule has 0 spiro atoms. The normalized spacial score (nSPS) is 25.1. The van der Waals surface area contributed by atoms with Gasteiger partial charge in [0.05, 0.1) is 22.5 Å². The summed E-state index contributed by atoms with van der Waals surface area (Å²) in [6, 6.07) is 0.179. The molecule has 1 heterocycles. The van der Waals surface area contributed by atoms with E-state index in [0.29, 0.717) is 6.54 Å². The van der Waals surface area contributed by atoms with E-state index in [1.807, 2.05) is 18.7 Å². The van der Waals surface area contributed by atoms with Gasteiger partial charge in [0, 0.05) is 19.6 Å². The Bertz CT molecular complexity index is 405. The predicted octanol–water partition coefficient (Wildman–Crippen LogP) is 2.17. The van der Waals surface area contributed by atoms with Crippen LogP contribution in [-0.4, -0.2) is 27.0 Å². The first-order valence-electron chi connectivity index (χ1n) is 6.69. The third-order valence-corrected chi connectivity index (χ3v) is 4.26. The summed E-state index contributed by atoms with van der Waals surface area (Å²) in [6.45, 7) is 2.57. The summed E-state index contributed by atoms with van der Waals surface area (Å²) in [7, 11) is 1.90. The molecule has 4 nitrogen and oxygen atoms in total. The zero-order valence-electron chi connectivity index (χ0n) is 11.1. The highest BCUT2D eigenvalue weighted by atomic mass is 35.5. The molecule has 1 aliphatic carbocycles. The number of nitrogens with zero attached hydrogens (tertiary/aromatic N) is 2. The van der Waals surface area contributed by atoms with Crippen LogP contribution in [0.5, 0.6) is 0 Å². The lowest BCUT2D eigenvalue weighted by Gasteiger charge is -2.21. The number of aromatic nitrogens is 2. The summed E-state index contributed by atoms with van der Waals surface area (Å²) in [5.74, 6) is 0. The van der Waals surface area contributed by atoms with Gasteiger partial charge in [0.1, 0.15) is 0 Å². The van der Waals surface area contributed by atoms with Crippen molar-refractivity contribution < 1.29 is 5.11 Å². The molecule has 0 aliphatic heterocycles. The maximum absolute atomic E-state index is 10.1. The summed E-state index contributed by atoms with van der Waals surface area (Å²) in [6.07, 6.45) is 5.24. The zero-order valence-corrected chi connectivity index (χ0v) is 11.9. The van der Waals surface area contributed by atoms with Crippen LogP contribution in [0.25, 0.3) is 0 Å². The van der Waals surface area contributed by atoms with Crippen LogP contribution >= 0.6 is 11.6 Å². The highest BCUT2D eigenvalue weighted by molar-refractivity contribution is 6.31. The lowest BCUT2D eigenvalue weighted by Crippen LogP contribution is -2.39. The molecule has 0 radical (unpaired) electrons. The van der Waals surface area contributed by atoms with E-state index >= 15 is 0 Å². The van der Waals surface area contributed by atoms with Crippen molar-refractivity contribution in [3.63, 3.8) is 0 Å². The van der Waals surface area contributed by atoms with E-state index in [2.05, 4.69) is 10.4 Å². The molecule has 0 saturated heterocycles. The molecule has 1 fully saturated rings. The SMILES string of the molecule is Cc1nn(C)c(CNC2CCCCCC2O)c1Cl. The van der Waals surface area contributed by atoms with Gasteiger partial charge in [-0.1, -0.05) is 30.9 Å². The van der Waals surface area contributed by atoms with Gasteiger partial charge in [-0.3, -0.25) is 4.68 Å². The summed E-state index contributed by atoms with van der Waals surface area (Å²) < 4.78 is 1.81. The Hall–Kier alpha value is -0.580. The van der Waals surface area contributed by atoms with E-state index in [0.717, 1.165) is 35.7 Å². The van der Waals surface area contributed by atoms with Crippen LogP contribution in [-0.2, 0) is 13.6 Å². The number of aliphatic hydroxyl groups excluding tert-OH is 1. The molecule has 1 saturated carbocycles. The summed E-state index contributed by atoms with van der Waals surface area (Å²) in [5.41, 5.74) is 1.85. The average molecular weight is 272 g/mol. The molecule has 102 valence electrons. The molecular weight excluding hydrogens is 250 g/mol. The van der Waals surface area contributed by atoms with Gasteiger partial charge in [0.25, 0.3) is 0 Å². The zero-order chi connectivity index (χ0) is 13.1. The molecule has 2 unspecified atom stereocenters. The van der Waals surface area contributed by atoms with Gasteiger partial charge < -0.3 is 10.4 Å². The molecule has 1 aliphatic rings. The standard InChI is InChI=1S/C13H22ClN3O/c1-9-13(14)11(17(2)16-9)8-15-10-6-4-3-5-7-12(10)18/h10,12,15,18H,3-8H2,1-2H3. The number of hydrogen-bond acceptors (Lipinski definition) is 3. The third kappa shape index (κ3) is 3.05. The molecule has 18 heavy (non-hydrogen) atoms. The first-order valence-corrected chi connectivity index (χ1v) is 7.07. The van der Waals surface area contributed by atoms with Gasteiger partial charge in [0.15, 0.2) is 0 Å². The maximum atomic E-state index is 10.1. The largest absolute Gasteiger partial charge is 0.392 e. The van der Waals surface area contributed by atoms with Crippen LogP contribution in [0.4, 0.5) is 0 Å². The Morgan fingerprint density at radius 3 is 2.78 bits per heavy atom. The lowest BCUT2D eigenvalue weighted by molar-refractivity contribution is 0.119. The molecule has 0 bridgehead atoms. The monoisotopic (exact) mass is 271 g/mol. The topological polar surface area (TPSA) is 50.1 Å². The molecule has 0 aromatic carbocycles. The van der Waals surface area contributed by atoms with E-state index in [-0.39, 0.29) is 12.1 Å². The Morgan fingerprint density at radius 1 is 1.39 bits per heavy atom. The number of aryl methyl sites for hydroxylation is 2. The molecule has 2 N–H and O–H groups in total. The van der Waals surface area contributed by atoms with E-state index < -0.39 is 0 Å². The van der Waals surface area contributed by atoms with Gasteiger partial charge in [-0.2, -0.15) is 5.10 Å². The molecular formula is C13H22ClN3O. The Balaban J connectivity index is 1.97. The van der Waals surface area contributed by atoms with E-state index in [4.69, 9.17) is 11.6 Å². The first-order chi connectivity index (χ1) is 8.59. The molecule has 0 amide bonds. The van der Waals surface area contributed by atoms with Crippen LogP contribution in [0.3, 0.4) is 0 Å². The number of aliphatic hydroxyl groups is 1. The Labute approximate surface area is 113 Å². The minimum atomic E-state index is -0.236. The smallest absolute Gasteiger partial charge is 0.0860 e. The maximum Gasteiger partial charge on any atom is 0.0860 e. The predicted molar refractivity (Wildman–Crippen MR) is 72.7 cm³/mol. The molecule has 1 aromatic rings. The van der Waals surface area contributed by atoms with Crippen molar-refractivity contribution in [1.29, 1.82) is 0 Å². The number of rotatable bonds is 3. The molecule has 1 aromatic heterocycles. The highest BCUT2D eigenvalue weighted by Gasteiger charge is 2.22. The van der Waals surface area contributed by atoms with Crippen molar-refractivity contribution in [2.45, 2.75) is 57.7 Å². The molecule has 5 heteroatoms. The Kier molecular flexibility index (Phi) is 4.65. The second-order valence-corrected chi connectivity index (χ2v) is 5.54. The first kappa shape index (κ1) is 13.8. The molecule has 2 atom stereocenters. The van der Waals surface area contributed by atoms with Crippen molar-refractivity contribution in [1.82, 2.24) is 15.1 Å². The second-order valence-electron chi connectivity index (χ2n) is 5.16. The summed E-state index contributed by atoms with van der Waals surface area (Å²) in [5, 5.41) is 18.5. The Morgan fingerprint density at radius 2 is 2.11 bits per heavy atom. The van der Waals surface area contributed by atoms with Gasteiger partial charge in [-0.15, -0.1) is 0 Å². The number of nitrogens with one attached hydrogen (secondary N) is 1. The van der Waals surface area contributed by atoms with Crippen molar-refractivity contribution in [2.24, 2.45) is 7.05 Å². The van der Waals surface area contributed by atoms with Gasteiger partial charge in [-0.05, 0) is 19.8 Å². The van der Waals surface area contributed by atoms with E-state index in [1.54, 1.807) is 0 Å². The fourth-order valence-corrected chi connectivity index (χ4v) is 2.85. The van der Waals surface area contributed by atoms with Gasteiger partial charge in [-0.25, -0.2) is 0 Å². The minimum absolute atomic E-state index is 0.179. The summed E-state index contributed by atoms with van der Waals surface area (Å²) >= 11 is 6.21. The van der Waals surface area contributed by atoms with E-state index in [1.165, 1.54) is 12.8 Å². The van der Waals surface area contributed by atoms with Gasteiger partial charge in [0.2, 0.25) is 0 Å². The van der Waals surface area contributed by atoms with Crippen LogP contribution in [0.15, 0.2) is 0 Å². The number of hydrogen-bond donors (Lipinski definition) is 2. The number of halogens is 1. The van der Waals surface area contributed by atoms with E-state index in [9.17, 15) is 5.11 Å². The van der Waals surface area contributed by atoms with Crippen molar-refractivity contribution in [3.05, 3.63) is 16.4 Å². The fraction of sp³-hybridized carbons (Fsp3) is 0.769. The van der Waals surface area contributed by atoms with Crippen LogP contribution in [0.1, 0.15) is 43.5 Å². The van der Waals surface area contributed by atoms with Gasteiger partial charge >= 0.3 is 0 Å². The van der Waals surface area contributed by atoms with Crippen LogP contribution in [0, 0.1) is 6.92 Å². The van der Waals surface area contributed by atoms with Crippen LogP contribution in [0.2, 0.25) is 5.02 Å². The van der Waals surface area contributed by atoms with Crippen molar-refractivity contribution in [3.8, 4) is 0 Å². The minimum Gasteiger partial charge on any atom is -0.392 e. The fourth-order valence-electron chi connectivity index (χ4n) is 2.63. The second kappa shape index (κ2) is 6.04. The highest BCUT2D eigenvalue weighted by Crippen LogP contribution is 2.21. The van der Waals surface area contributed by atoms with Crippen molar-refractivity contribution >= 4 is 11.6 Å². The average Bonchev–Trinajstić information content (AvgIpc) is 2.51.